The summed E-state index contributed by atoms with van der Waals surface area (Å²) in [6.07, 6.45) is 6.39. The Morgan fingerprint density at radius 3 is 2.90 bits per heavy atom. The van der Waals surface area contributed by atoms with E-state index >= 15 is 0 Å². The molecule has 1 amide bonds. The number of carbonyl (C=O) groups is 1. The summed E-state index contributed by atoms with van der Waals surface area (Å²) < 4.78 is 7.29. The molecule has 3 rings (SSSR count). The van der Waals surface area contributed by atoms with E-state index in [9.17, 15) is 4.79 Å². The van der Waals surface area contributed by atoms with Crippen molar-refractivity contribution in [3.8, 4) is 0 Å². The quantitative estimate of drug-likeness (QED) is 0.843. The summed E-state index contributed by atoms with van der Waals surface area (Å²) in [5, 5.41) is 0. The zero-order valence-corrected chi connectivity index (χ0v) is 12.1. The van der Waals surface area contributed by atoms with E-state index in [0.717, 1.165) is 11.5 Å². The Hall–Kier alpha value is -2.28. The number of ether oxygens (including phenoxy) is 1. The second-order valence-corrected chi connectivity index (χ2v) is 4.96. The summed E-state index contributed by atoms with van der Waals surface area (Å²) in [5.74, 6) is 0.767. The maximum Gasteiger partial charge on any atom is 0.274 e. The van der Waals surface area contributed by atoms with Gasteiger partial charge in [-0.05, 0) is 6.92 Å². The lowest BCUT2D eigenvalue weighted by Crippen LogP contribution is -2.41. The van der Waals surface area contributed by atoms with Crippen LogP contribution in [0.2, 0.25) is 0 Å². The molecule has 0 bridgehead atoms. The van der Waals surface area contributed by atoms with Crippen molar-refractivity contribution in [2.75, 3.05) is 13.7 Å². The van der Waals surface area contributed by atoms with Crippen LogP contribution in [0.15, 0.2) is 24.8 Å². The monoisotopic (exact) mass is 287 g/mol. The summed E-state index contributed by atoms with van der Waals surface area (Å²) in [4.78, 5) is 26.8. The van der Waals surface area contributed by atoms with Crippen LogP contribution in [0.5, 0.6) is 0 Å². The van der Waals surface area contributed by atoms with Gasteiger partial charge in [0.25, 0.3) is 5.91 Å². The van der Waals surface area contributed by atoms with Gasteiger partial charge in [0, 0.05) is 32.6 Å². The SMILES string of the molecule is COCc1cnc2n1CCN(C(=O)c1cnccn1)C2C. The smallest absolute Gasteiger partial charge is 0.274 e. The van der Waals surface area contributed by atoms with Crippen molar-refractivity contribution < 1.29 is 9.53 Å². The molecule has 7 heteroatoms. The first-order chi connectivity index (χ1) is 10.2. The van der Waals surface area contributed by atoms with E-state index in [-0.39, 0.29) is 11.9 Å². The highest BCUT2D eigenvalue weighted by Crippen LogP contribution is 2.26. The molecule has 0 N–H and O–H groups in total. The van der Waals surface area contributed by atoms with E-state index in [1.807, 2.05) is 13.1 Å². The first-order valence-electron chi connectivity index (χ1n) is 6.82. The summed E-state index contributed by atoms with van der Waals surface area (Å²) in [7, 11) is 1.66. The Kier molecular flexibility index (Phi) is 3.66. The maximum atomic E-state index is 12.5. The van der Waals surface area contributed by atoms with E-state index in [2.05, 4.69) is 19.5 Å². The number of fused-ring (bicyclic) bond motifs is 1. The molecule has 0 spiro atoms. The summed E-state index contributed by atoms with van der Waals surface area (Å²) in [6, 6.07) is -0.0983. The fraction of sp³-hybridized carbons (Fsp3) is 0.429. The Morgan fingerprint density at radius 2 is 2.19 bits per heavy atom. The van der Waals surface area contributed by atoms with Gasteiger partial charge in [0.1, 0.15) is 11.5 Å². The van der Waals surface area contributed by atoms with Crippen LogP contribution < -0.4 is 0 Å². The lowest BCUT2D eigenvalue weighted by Gasteiger charge is -2.34. The largest absolute Gasteiger partial charge is 0.378 e. The molecule has 1 atom stereocenters. The predicted octanol–water partition coefficient (Wildman–Crippen LogP) is 1.04. The molecule has 7 nitrogen and oxygen atoms in total. The van der Waals surface area contributed by atoms with Crippen LogP contribution in [0, 0.1) is 0 Å². The fourth-order valence-electron chi connectivity index (χ4n) is 2.66. The highest BCUT2D eigenvalue weighted by atomic mass is 16.5. The second kappa shape index (κ2) is 5.61. The molecule has 1 aliphatic rings. The molecule has 0 saturated carbocycles. The van der Waals surface area contributed by atoms with Gasteiger partial charge in [-0.1, -0.05) is 0 Å². The number of aromatic nitrogens is 4. The van der Waals surface area contributed by atoms with Crippen molar-refractivity contribution in [3.63, 3.8) is 0 Å². The number of hydrogen-bond donors (Lipinski definition) is 0. The van der Waals surface area contributed by atoms with Crippen LogP contribution in [-0.2, 0) is 17.9 Å². The first-order valence-corrected chi connectivity index (χ1v) is 6.82. The molecular weight excluding hydrogens is 270 g/mol. The van der Waals surface area contributed by atoms with Gasteiger partial charge in [-0.25, -0.2) is 9.97 Å². The summed E-state index contributed by atoms with van der Waals surface area (Å²) in [5.41, 5.74) is 1.40. The molecule has 0 aromatic carbocycles. The van der Waals surface area contributed by atoms with Gasteiger partial charge in [0.15, 0.2) is 0 Å². The molecule has 2 aromatic heterocycles. The maximum absolute atomic E-state index is 12.5. The molecule has 0 fully saturated rings. The molecule has 0 aliphatic carbocycles. The molecule has 0 saturated heterocycles. The van der Waals surface area contributed by atoms with Crippen LogP contribution in [-0.4, -0.2) is 44.0 Å². The highest BCUT2D eigenvalue weighted by molar-refractivity contribution is 5.92. The van der Waals surface area contributed by atoms with Crippen LogP contribution in [0.3, 0.4) is 0 Å². The molecule has 1 unspecified atom stereocenters. The molecule has 0 radical (unpaired) electrons. The molecule has 21 heavy (non-hydrogen) atoms. The van der Waals surface area contributed by atoms with Crippen LogP contribution in [0.4, 0.5) is 0 Å². The molecule has 1 aliphatic heterocycles. The number of hydrogen-bond acceptors (Lipinski definition) is 5. The number of amides is 1. The predicted molar refractivity (Wildman–Crippen MR) is 74.4 cm³/mol. The van der Waals surface area contributed by atoms with Crippen molar-refractivity contribution in [2.45, 2.75) is 26.1 Å². The van der Waals surface area contributed by atoms with Gasteiger partial charge in [-0.2, -0.15) is 0 Å². The molecular formula is C14H17N5O2. The minimum absolute atomic E-state index is 0.0983. The number of methoxy groups -OCH3 is 1. The topological polar surface area (TPSA) is 73.1 Å². The van der Waals surface area contributed by atoms with Crippen molar-refractivity contribution in [2.24, 2.45) is 0 Å². The normalized spacial score (nSPS) is 17.6. The third kappa shape index (κ3) is 2.40. The van der Waals surface area contributed by atoms with E-state index in [4.69, 9.17) is 4.74 Å². The number of rotatable bonds is 3. The third-order valence-electron chi connectivity index (χ3n) is 3.71. The standard InChI is InChI=1S/C14H17N5O2/c1-10-13-17-7-11(9-21-2)19(13)6-5-18(10)14(20)12-8-15-3-4-16-12/h3-4,7-8,10H,5-6,9H2,1-2H3. The van der Waals surface area contributed by atoms with Crippen LogP contribution in [0.1, 0.15) is 35.0 Å². The summed E-state index contributed by atoms with van der Waals surface area (Å²) in [6.45, 7) is 3.84. The second-order valence-electron chi connectivity index (χ2n) is 4.96. The van der Waals surface area contributed by atoms with E-state index < -0.39 is 0 Å². The summed E-state index contributed by atoms with van der Waals surface area (Å²) >= 11 is 0. The van der Waals surface area contributed by atoms with E-state index in [1.165, 1.54) is 12.4 Å². The number of nitrogens with zero attached hydrogens (tertiary/aromatic N) is 5. The van der Waals surface area contributed by atoms with Crippen LogP contribution in [0.25, 0.3) is 0 Å². The minimum Gasteiger partial charge on any atom is -0.378 e. The van der Waals surface area contributed by atoms with E-state index in [0.29, 0.717) is 25.4 Å². The number of imidazole rings is 1. The average Bonchev–Trinajstić information content (AvgIpc) is 2.92. The lowest BCUT2D eigenvalue weighted by molar-refractivity contribution is 0.0626. The van der Waals surface area contributed by atoms with Gasteiger partial charge in [0.2, 0.25) is 0 Å². The highest BCUT2D eigenvalue weighted by Gasteiger charge is 2.31. The Balaban J connectivity index is 1.86. The minimum atomic E-state index is -0.113. The van der Waals surface area contributed by atoms with E-state index in [1.54, 1.807) is 18.2 Å². The average molecular weight is 287 g/mol. The Labute approximate surface area is 122 Å². The van der Waals surface area contributed by atoms with Gasteiger partial charge in [0.05, 0.1) is 30.7 Å². The van der Waals surface area contributed by atoms with Gasteiger partial charge in [-0.3, -0.25) is 9.78 Å². The van der Waals surface area contributed by atoms with Gasteiger partial charge < -0.3 is 14.2 Å². The van der Waals surface area contributed by atoms with Crippen LogP contribution >= 0.6 is 0 Å². The fourth-order valence-corrected chi connectivity index (χ4v) is 2.66. The lowest BCUT2D eigenvalue weighted by atomic mass is 10.2. The van der Waals surface area contributed by atoms with Gasteiger partial charge in [-0.15, -0.1) is 0 Å². The molecule has 2 aromatic rings. The molecule has 3 heterocycles. The van der Waals surface area contributed by atoms with Crippen molar-refractivity contribution >= 4 is 5.91 Å². The molecule has 110 valence electrons. The first kappa shape index (κ1) is 13.7. The number of carbonyl (C=O) groups excluding carboxylic acids is 1. The Morgan fingerprint density at radius 1 is 1.33 bits per heavy atom. The Bertz CT molecular complexity index is 640. The van der Waals surface area contributed by atoms with Crippen molar-refractivity contribution in [1.82, 2.24) is 24.4 Å². The van der Waals surface area contributed by atoms with Crippen molar-refractivity contribution in [1.29, 1.82) is 0 Å². The zero-order chi connectivity index (χ0) is 14.8. The van der Waals surface area contributed by atoms with Gasteiger partial charge >= 0.3 is 0 Å². The zero-order valence-electron chi connectivity index (χ0n) is 12.1. The third-order valence-corrected chi connectivity index (χ3v) is 3.71. The van der Waals surface area contributed by atoms with Crippen molar-refractivity contribution in [3.05, 3.63) is 42.0 Å².